The zero-order valence-electron chi connectivity index (χ0n) is 33.5. The Morgan fingerprint density at radius 2 is 1.02 bits per heavy atom. The van der Waals surface area contributed by atoms with Crippen molar-refractivity contribution in [3.05, 3.63) is 108 Å². The predicted molar refractivity (Wildman–Crippen MR) is 221 cm³/mol. The fraction of sp³-hybridized carbons (Fsp3) is 0.468. The number of carbonyl (C=O) groups is 1. The van der Waals surface area contributed by atoms with E-state index in [-0.39, 0.29) is 18.2 Å². The number of rotatable bonds is 16. The van der Waals surface area contributed by atoms with E-state index in [1.165, 1.54) is 31.4 Å². The number of ether oxygens (including phenoxy) is 4. The molecule has 2 aliphatic heterocycles. The second-order valence-electron chi connectivity index (χ2n) is 16.4. The van der Waals surface area contributed by atoms with Gasteiger partial charge in [0.05, 0.1) is 26.3 Å². The molecule has 4 aliphatic rings. The number of carbonyl (C=O) groups excluding carboxylic acids is 1. The SMILES string of the molecule is C[C@H](CC(=O)C(F)(F)F)c1ccc(OC2CCN(c3ccc(OCC4CC4)cc3)C2)cc1.C[C@H](N)c1ccc(OC2CCN(c3ccc(OCC4CC4)cc3)C2)cc1. The molecule has 0 radical (unpaired) electrons. The second kappa shape index (κ2) is 18.8. The van der Waals surface area contributed by atoms with Gasteiger partial charge in [0.1, 0.15) is 35.2 Å². The number of ketones is 1. The van der Waals surface area contributed by atoms with Gasteiger partial charge in [-0.2, -0.15) is 13.2 Å². The first-order valence-corrected chi connectivity index (χ1v) is 20.8. The molecule has 58 heavy (non-hydrogen) atoms. The molecule has 2 heterocycles. The van der Waals surface area contributed by atoms with Crippen molar-refractivity contribution in [3.8, 4) is 23.0 Å². The van der Waals surface area contributed by atoms with E-state index in [9.17, 15) is 18.0 Å². The maximum Gasteiger partial charge on any atom is 0.449 e. The smallest absolute Gasteiger partial charge is 0.449 e. The van der Waals surface area contributed by atoms with Crippen LogP contribution in [0.3, 0.4) is 0 Å². The average molecular weight is 800 g/mol. The van der Waals surface area contributed by atoms with Crippen LogP contribution in [0.4, 0.5) is 24.5 Å². The first-order valence-electron chi connectivity index (χ1n) is 20.8. The van der Waals surface area contributed by atoms with Crippen molar-refractivity contribution in [1.82, 2.24) is 0 Å². The van der Waals surface area contributed by atoms with Crippen LogP contribution >= 0.6 is 0 Å². The molecule has 4 aromatic rings. The third-order valence-electron chi connectivity index (χ3n) is 11.3. The lowest BCUT2D eigenvalue weighted by atomic mass is 9.95. The normalized spacial score (nSPS) is 20.2. The predicted octanol–water partition coefficient (Wildman–Crippen LogP) is 9.91. The maximum atomic E-state index is 12.5. The molecule has 2 N–H and O–H groups in total. The van der Waals surface area contributed by atoms with Crippen molar-refractivity contribution >= 4 is 17.2 Å². The highest BCUT2D eigenvalue weighted by Gasteiger charge is 2.38. The summed E-state index contributed by atoms with van der Waals surface area (Å²) in [7, 11) is 0. The highest BCUT2D eigenvalue weighted by Crippen LogP contribution is 2.33. The summed E-state index contributed by atoms with van der Waals surface area (Å²) in [6.07, 6.45) is 2.04. The van der Waals surface area contributed by atoms with Crippen molar-refractivity contribution in [2.45, 2.75) is 89.1 Å². The molecule has 0 bridgehead atoms. The van der Waals surface area contributed by atoms with E-state index in [0.29, 0.717) is 11.3 Å². The van der Waals surface area contributed by atoms with Gasteiger partial charge in [0.2, 0.25) is 5.78 Å². The van der Waals surface area contributed by atoms with Crippen LogP contribution in [0.25, 0.3) is 0 Å². The van der Waals surface area contributed by atoms with Crippen molar-refractivity contribution in [3.63, 3.8) is 0 Å². The Labute approximate surface area is 340 Å². The van der Waals surface area contributed by atoms with Crippen LogP contribution < -0.4 is 34.5 Å². The van der Waals surface area contributed by atoms with E-state index in [2.05, 4.69) is 46.2 Å². The van der Waals surface area contributed by atoms with Gasteiger partial charge in [0.25, 0.3) is 0 Å². The summed E-state index contributed by atoms with van der Waals surface area (Å²) in [5, 5.41) is 0. The van der Waals surface area contributed by atoms with Crippen LogP contribution in [-0.4, -0.2) is 63.6 Å². The monoisotopic (exact) mass is 799 g/mol. The van der Waals surface area contributed by atoms with Gasteiger partial charge in [-0.3, -0.25) is 4.79 Å². The van der Waals surface area contributed by atoms with E-state index < -0.39 is 24.3 Å². The summed E-state index contributed by atoms with van der Waals surface area (Å²) in [5.74, 6) is 2.79. The average Bonchev–Trinajstić information content (AvgIpc) is 4.14. The number of benzene rings is 4. The first kappa shape index (κ1) is 41.3. The van der Waals surface area contributed by atoms with Gasteiger partial charge in [-0.25, -0.2) is 0 Å². The van der Waals surface area contributed by atoms with Gasteiger partial charge >= 0.3 is 6.18 Å². The van der Waals surface area contributed by atoms with E-state index in [0.717, 1.165) is 92.6 Å². The molecule has 8 nitrogen and oxygen atoms in total. The zero-order valence-corrected chi connectivity index (χ0v) is 33.5. The summed E-state index contributed by atoms with van der Waals surface area (Å²) in [5.41, 5.74) is 10.1. The Morgan fingerprint density at radius 1 is 0.621 bits per heavy atom. The summed E-state index contributed by atoms with van der Waals surface area (Å²) in [4.78, 5) is 15.9. The molecule has 8 rings (SSSR count). The molecule has 2 saturated heterocycles. The maximum absolute atomic E-state index is 12.5. The third-order valence-corrected chi connectivity index (χ3v) is 11.3. The molecule has 4 atom stereocenters. The van der Waals surface area contributed by atoms with Crippen molar-refractivity contribution in [1.29, 1.82) is 0 Å². The van der Waals surface area contributed by atoms with Crippen LogP contribution in [0.5, 0.6) is 23.0 Å². The second-order valence-corrected chi connectivity index (χ2v) is 16.4. The number of alkyl halides is 3. The Bertz CT molecular complexity index is 1900. The largest absolute Gasteiger partial charge is 0.493 e. The van der Waals surface area contributed by atoms with Gasteiger partial charge in [-0.1, -0.05) is 31.2 Å². The van der Waals surface area contributed by atoms with Crippen LogP contribution in [0.1, 0.15) is 81.9 Å². The van der Waals surface area contributed by atoms with Crippen LogP contribution in [0, 0.1) is 11.8 Å². The molecular formula is C47H56F3N3O5. The summed E-state index contributed by atoms with van der Waals surface area (Å²) >= 11 is 0. The highest BCUT2D eigenvalue weighted by molar-refractivity contribution is 5.84. The molecule has 2 aliphatic carbocycles. The Kier molecular flexibility index (Phi) is 13.4. The van der Waals surface area contributed by atoms with Crippen molar-refractivity contribution in [2.24, 2.45) is 17.6 Å². The van der Waals surface area contributed by atoms with Gasteiger partial charge in [0, 0.05) is 49.8 Å². The molecule has 11 heteroatoms. The van der Waals surface area contributed by atoms with Gasteiger partial charge in [-0.15, -0.1) is 0 Å². The summed E-state index contributed by atoms with van der Waals surface area (Å²) < 4.78 is 61.3. The van der Waals surface area contributed by atoms with Crippen molar-refractivity contribution < 1.29 is 36.9 Å². The lowest BCUT2D eigenvalue weighted by Crippen LogP contribution is -2.24. The quantitative estimate of drug-likeness (QED) is 0.120. The minimum absolute atomic E-state index is 0.0378. The molecule has 4 aromatic carbocycles. The van der Waals surface area contributed by atoms with E-state index >= 15 is 0 Å². The Balaban J connectivity index is 0.000000180. The number of hydrogen-bond acceptors (Lipinski definition) is 8. The van der Waals surface area contributed by atoms with Gasteiger partial charge in [0.15, 0.2) is 0 Å². The van der Waals surface area contributed by atoms with Gasteiger partial charge < -0.3 is 34.5 Å². The van der Waals surface area contributed by atoms with Gasteiger partial charge in [-0.05, 0) is 134 Å². The molecule has 2 saturated carbocycles. The molecule has 0 spiro atoms. The Morgan fingerprint density at radius 3 is 1.40 bits per heavy atom. The fourth-order valence-corrected chi connectivity index (χ4v) is 7.24. The number of anilines is 2. The molecule has 4 fully saturated rings. The number of nitrogens with zero attached hydrogens (tertiary/aromatic N) is 2. The first-order chi connectivity index (χ1) is 27.9. The van der Waals surface area contributed by atoms with Crippen LogP contribution in [-0.2, 0) is 4.79 Å². The highest BCUT2D eigenvalue weighted by atomic mass is 19.4. The van der Waals surface area contributed by atoms with E-state index in [1.807, 2.05) is 43.3 Å². The third kappa shape index (κ3) is 12.1. The topological polar surface area (TPSA) is 86.5 Å². The standard InChI is InChI=1S/C25H28F3NO3.C22H28N2O2/c1-17(14-24(30)25(26,27)28)19-4-8-22(9-5-19)32-23-12-13-29(15-23)20-6-10-21(11-7-20)31-16-18-2-3-18;1-16(23)18-4-8-21(9-5-18)26-22-12-13-24(14-22)19-6-10-20(11-7-19)25-15-17-2-3-17/h4-11,17-18,23H,2-3,12-16H2,1H3;4-11,16-17,22H,2-3,12-15,23H2,1H3/t17-,23?;16-,22?/m10/s1. The van der Waals surface area contributed by atoms with Crippen molar-refractivity contribution in [2.75, 3.05) is 49.2 Å². The lowest BCUT2D eigenvalue weighted by Gasteiger charge is -2.20. The minimum atomic E-state index is -4.78. The molecule has 310 valence electrons. The van der Waals surface area contributed by atoms with E-state index in [4.69, 9.17) is 24.7 Å². The fourth-order valence-electron chi connectivity index (χ4n) is 7.24. The summed E-state index contributed by atoms with van der Waals surface area (Å²) in [6.45, 7) is 8.86. The minimum Gasteiger partial charge on any atom is -0.493 e. The summed E-state index contributed by atoms with van der Waals surface area (Å²) in [6, 6.07) is 31.8. The number of nitrogens with two attached hydrogens (primary N) is 1. The lowest BCUT2D eigenvalue weighted by molar-refractivity contribution is -0.171. The van der Waals surface area contributed by atoms with E-state index in [1.54, 1.807) is 31.2 Å². The molecule has 2 unspecified atom stereocenters. The van der Waals surface area contributed by atoms with Crippen LogP contribution in [0.2, 0.25) is 0 Å². The number of halogens is 3. The number of hydrogen-bond donors (Lipinski definition) is 1. The number of Topliss-reactive ketones (excluding diaryl/α,β-unsaturated/α-hetero) is 1. The molecule has 0 aromatic heterocycles. The molecular weight excluding hydrogens is 744 g/mol. The molecule has 0 amide bonds. The zero-order chi connectivity index (χ0) is 40.6. The Hall–Kier alpha value is -4.90. The van der Waals surface area contributed by atoms with Crippen LogP contribution in [0.15, 0.2) is 97.1 Å².